The Balaban J connectivity index is 2.27. The number of nitrogens with one attached hydrogen (secondary N) is 2. The largest absolute Gasteiger partial charge is 0.433 e. The molecule has 0 aliphatic carbocycles. The van der Waals surface area contributed by atoms with Gasteiger partial charge in [-0.15, -0.1) is 0 Å². The van der Waals surface area contributed by atoms with Gasteiger partial charge in [0.05, 0.1) is 12.6 Å². The van der Waals surface area contributed by atoms with E-state index in [9.17, 15) is 18.3 Å². The van der Waals surface area contributed by atoms with Gasteiger partial charge in [-0.3, -0.25) is 0 Å². The van der Waals surface area contributed by atoms with E-state index in [2.05, 4.69) is 36.5 Å². The van der Waals surface area contributed by atoms with Gasteiger partial charge < -0.3 is 15.7 Å². The van der Waals surface area contributed by atoms with E-state index in [0.29, 0.717) is 6.54 Å². The Morgan fingerprint density at radius 1 is 1.19 bits per heavy atom. The van der Waals surface area contributed by atoms with Gasteiger partial charge in [-0.1, -0.05) is 48.0 Å². The molecule has 0 spiro atoms. The van der Waals surface area contributed by atoms with Crippen LogP contribution in [0.1, 0.15) is 25.1 Å². The molecular formula is C17H20BrF3N4O. The fourth-order valence-corrected chi connectivity index (χ4v) is 2.59. The van der Waals surface area contributed by atoms with Gasteiger partial charge in [0.1, 0.15) is 5.82 Å². The molecule has 9 heteroatoms. The molecule has 1 aromatic heterocycles. The van der Waals surface area contributed by atoms with Crippen LogP contribution in [0.2, 0.25) is 0 Å². The summed E-state index contributed by atoms with van der Waals surface area (Å²) in [5, 5.41) is 15.0. The summed E-state index contributed by atoms with van der Waals surface area (Å²) in [6, 6.07) is 7.80. The van der Waals surface area contributed by atoms with E-state index in [1.165, 1.54) is 0 Å². The van der Waals surface area contributed by atoms with Crippen LogP contribution in [0, 0.1) is 5.92 Å². The zero-order valence-electron chi connectivity index (χ0n) is 14.3. The van der Waals surface area contributed by atoms with Crippen LogP contribution in [0.4, 0.5) is 24.9 Å². The Kier molecular flexibility index (Phi) is 6.82. The van der Waals surface area contributed by atoms with Crippen LogP contribution in [0.5, 0.6) is 0 Å². The first-order valence-electron chi connectivity index (χ1n) is 8.01. The number of hydrogen-bond acceptors (Lipinski definition) is 5. The first-order valence-corrected chi connectivity index (χ1v) is 8.81. The predicted molar refractivity (Wildman–Crippen MR) is 97.8 cm³/mol. The minimum Gasteiger partial charge on any atom is -0.394 e. The van der Waals surface area contributed by atoms with E-state index in [4.69, 9.17) is 0 Å². The van der Waals surface area contributed by atoms with Crippen molar-refractivity contribution in [1.29, 1.82) is 0 Å². The molecule has 0 unspecified atom stereocenters. The molecule has 0 amide bonds. The van der Waals surface area contributed by atoms with E-state index >= 15 is 0 Å². The lowest BCUT2D eigenvalue weighted by atomic mass is 10.1. The smallest absolute Gasteiger partial charge is 0.394 e. The maximum absolute atomic E-state index is 13.2. The minimum atomic E-state index is -4.60. The zero-order chi connectivity index (χ0) is 19.3. The van der Waals surface area contributed by atoms with E-state index in [1.54, 1.807) is 0 Å². The average molecular weight is 433 g/mol. The normalized spacial score (nSPS) is 12.9. The second-order valence-corrected chi connectivity index (χ2v) is 6.94. The summed E-state index contributed by atoms with van der Waals surface area (Å²) >= 11 is 3.40. The van der Waals surface area contributed by atoms with Crippen molar-refractivity contribution in [3.63, 3.8) is 0 Å². The van der Waals surface area contributed by atoms with Crippen molar-refractivity contribution in [2.45, 2.75) is 32.6 Å². The van der Waals surface area contributed by atoms with Crippen molar-refractivity contribution < 1.29 is 18.3 Å². The topological polar surface area (TPSA) is 70.1 Å². The highest BCUT2D eigenvalue weighted by molar-refractivity contribution is 9.10. The van der Waals surface area contributed by atoms with Crippen LogP contribution in [-0.4, -0.2) is 27.7 Å². The van der Waals surface area contributed by atoms with Crippen molar-refractivity contribution in [1.82, 2.24) is 9.97 Å². The molecule has 2 rings (SSSR count). The summed E-state index contributed by atoms with van der Waals surface area (Å²) in [4.78, 5) is 7.64. The molecule has 1 atom stereocenters. The summed E-state index contributed by atoms with van der Waals surface area (Å²) < 4.78 is 40.3. The Morgan fingerprint density at radius 3 is 2.46 bits per heavy atom. The third-order valence-electron chi connectivity index (χ3n) is 3.75. The lowest BCUT2D eigenvalue weighted by Crippen LogP contribution is -2.30. The van der Waals surface area contributed by atoms with Crippen molar-refractivity contribution >= 4 is 27.7 Å². The lowest BCUT2D eigenvalue weighted by Gasteiger charge is -2.21. The summed E-state index contributed by atoms with van der Waals surface area (Å²) in [7, 11) is 0. The number of aliphatic hydroxyl groups excluding tert-OH is 1. The first-order chi connectivity index (χ1) is 12.2. The first kappa shape index (κ1) is 20.4. The van der Waals surface area contributed by atoms with Crippen LogP contribution in [-0.2, 0) is 12.7 Å². The summed E-state index contributed by atoms with van der Waals surface area (Å²) in [6.45, 7) is 3.74. The summed E-state index contributed by atoms with van der Waals surface area (Å²) in [6.07, 6.45) is -4.60. The highest BCUT2D eigenvalue weighted by atomic mass is 79.9. The van der Waals surface area contributed by atoms with Gasteiger partial charge in [-0.25, -0.2) is 4.98 Å². The molecule has 0 bridgehead atoms. The Morgan fingerprint density at radius 2 is 1.88 bits per heavy atom. The number of halogens is 4. The number of nitrogens with zero attached hydrogens (tertiary/aromatic N) is 2. The van der Waals surface area contributed by atoms with E-state index in [0.717, 1.165) is 16.1 Å². The molecule has 1 aromatic carbocycles. The van der Waals surface area contributed by atoms with Crippen molar-refractivity contribution in [2.24, 2.45) is 5.92 Å². The maximum atomic E-state index is 13.2. The Hall–Kier alpha value is -1.87. The molecule has 2 aromatic rings. The number of rotatable bonds is 7. The zero-order valence-corrected chi connectivity index (χ0v) is 15.9. The molecule has 0 radical (unpaired) electrons. The Bertz CT molecular complexity index is 740. The van der Waals surface area contributed by atoms with Gasteiger partial charge in [0.15, 0.2) is 5.69 Å². The molecule has 0 fully saturated rings. The average Bonchev–Trinajstić information content (AvgIpc) is 2.57. The minimum absolute atomic E-state index is 0.00479. The molecule has 3 N–H and O–H groups in total. The van der Waals surface area contributed by atoms with E-state index in [1.807, 2.05) is 38.1 Å². The standard InChI is InChI=1S/C17H20BrF3N4O/c1-10(2)13(9-26)23-16-24-14(17(19,20)21)7-15(25-16)22-8-11-5-3-4-6-12(11)18/h3-7,10,13,26H,8-9H2,1-2H3,(H2,22,23,24,25)/t13-/m1/s1. The SMILES string of the molecule is CC(C)[C@@H](CO)Nc1nc(NCc2ccccc2Br)cc(C(F)(F)F)n1. The van der Waals surface area contributed by atoms with Gasteiger partial charge in [-0.2, -0.15) is 18.2 Å². The number of alkyl halides is 3. The number of benzene rings is 1. The fourth-order valence-electron chi connectivity index (χ4n) is 2.16. The molecule has 26 heavy (non-hydrogen) atoms. The van der Waals surface area contributed by atoms with Crippen LogP contribution in [0.15, 0.2) is 34.8 Å². The third-order valence-corrected chi connectivity index (χ3v) is 4.52. The molecule has 0 saturated heterocycles. The van der Waals surface area contributed by atoms with Gasteiger partial charge in [0.25, 0.3) is 0 Å². The van der Waals surface area contributed by atoms with Gasteiger partial charge >= 0.3 is 6.18 Å². The van der Waals surface area contributed by atoms with Crippen molar-refractivity contribution in [3.8, 4) is 0 Å². The number of hydrogen-bond donors (Lipinski definition) is 3. The van der Waals surface area contributed by atoms with Crippen LogP contribution in [0.25, 0.3) is 0 Å². The quantitative estimate of drug-likeness (QED) is 0.608. The summed E-state index contributed by atoms with van der Waals surface area (Å²) in [5.74, 6) is -0.136. The number of aliphatic hydroxyl groups is 1. The third kappa shape index (κ3) is 5.57. The number of anilines is 2. The second-order valence-electron chi connectivity index (χ2n) is 6.08. The lowest BCUT2D eigenvalue weighted by molar-refractivity contribution is -0.141. The van der Waals surface area contributed by atoms with Crippen LogP contribution >= 0.6 is 15.9 Å². The van der Waals surface area contributed by atoms with E-state index < -0.39 is 17.9 Å². The Labute approximate surface area is 158 Å². The number of aromatic nitrogens is 2. The van der Waals surface area contributed by atoms with Crippen LogP contribution in [0.3, 0.4) is 0 Å². The molecular weight excluding hydrogens is 413 g/mol. The molecule has 0 aliphatic heterocycles. The van der Waals surface area contributed by atoms with Gasteiger partial charge in [0.2, 0.25) is 5.95 Å². The molecule has 0 saturated carbocycles. The second kappa shape index (κ2) is 8.68. The highest BCUT2D eigenvalue weighted by Gasteiger charge is 2.34. The van der Waals surface area contributed by atoms with Crippen molar-refractivity contribution in [3.05, 3.63) is 46.1 Å². The molecule has 5 nitrogen and oxygen atoms in total. The van der Waals surface area contributed by atoms with Crippen LogP contribution < -0.4 is 10.6 Å². The van der Waals surface area contributed by atoms with Gasteiger partial charge in [-0.05, 0) is 17.5 Å². The fraction of sp³-hybridized carbons (Fsp3) is 0.412. The maximum Gasteiger partial charge on any atom is 0.433 e. The van der Waals surface area contributed by atoms with Gasteiger partial charge in [0, 0.05) is 17.1 Å². The highest BCUT2D eigenvalue weighted by Crippen LogP contribution is 2.30. The van der Waals surface area contributed by atoms with E-state index in [-0.39, 0.29) is 24.3 Å². The monoisotopic (exact) mass is 432 g/mol. The molecule has 0 aliphatic rings. The predicted octanol–water partition coefficient (Wildman–Crippen LogP) is 4.30. The molecule has 1 heterocycles. The van der Waals surface area contributed by atoms with Crippen molar-refractivity contribution in [2.75, 3.05) is 17.2 Å². The molecule has 142 valence electrons. The summed E-state index contributed by atoms with van der Waals surface area (Å²) in [5.41, 5.74) is -0.172.